The average molecular weight is 355 g/mol. The Morgan fingerprint density at radius 2 is 1.77 bits per heavy atom. The number of nitrogens with one attached hydrogen (secondary N) is 3. The number of carbonyl (C=O) groups is 2. The molecule has 2 rings (SSSR count). The quantitative estimate of drug-likeness (QED) is 0.744. The van der Waals surface area contributed by atoms with E-state index >= 15 is 0 Å². The Hall–Kier alpha value is -2.86. The zero-order valence-corrected chi connectivity index (χ0v) is 15.5. The van der Waals surface area contributed by atoms with Gasteiger partial charge >= 0.3 is 6.03 Å². The standard InChI is InChI=1S/C20H25N3O3/c1-13-10-11-17(26-4)16(12-13)14(2)22-18(15-8-6-5-7-9-15)19(24)23-20(25)21-3/h5-12,14,18,22H,1-4H3,(H2,21,23,24,25)/t14-,18-/m1/s1. The molecule has 0 aromatic heterocycles. The molecule has 0 saturated carbocycles. The minimum absolute atomic E-state index is 0.175. The molecule has 0 unspecified atom stereocenters. The molecule has 0 aliphatic heterocycles. The van der Waals surface area contributed by atoms with Crippen LogP contribution >= 0.6 is 0 Å². The summed E-state index contributed by atoms with van der Waals surface area (Å²) in [7, 11) is 3.08. The number of amides is 3. The molecule has 0 fully saturated rings. The van der Waals surface area contributed by atoms with Crippen molar-refractivity contribution in [1.29, 1.82) is 0 Å². The van der Waals surface area contributed by atoms with E-state index in [9.17, 15) is 9.59 Å². The predicted molar refractivity (Wildman–Crippen MR) is 101 cm³/mol. The van der Waals surface area contributed by atoms with Gasteiger partial charge in [0.2, 0.25) is 5.91 Å². The third-order valence-corrected chi connectivity index (χ3v) is 4.13. The molecule has 0 aliphatic carbocycles. The summed E-state index contributed by atoms with van der Waals surface area (Å²) in [5.74, 6) is 0.322. The first-order chi connectivity index (χ1) is 12.5. The summed E-state index contributed by atoms with van der Waals surface area (Å²) in [4.78, 5) is 24.2. The van der Waals surface area contributed by atoms with Gasteiger partial charge in [-0.25, -0.2) is 4.79 Å². The van der Waals surface area contributed by atoms with Crippen molar-refractivity contribution in [2.45, 2.75) is 25.9 Å². The van der Waals surface area contributed by atoms with Crippen LogP contribution in [0.5, 0.6) is 5.75 Å². The number of urea groups is 1. The van der Waals surface area contributed by atoms with E-state index in [-0.39, 0.29) is 6.04 Å². The Kier molecular flexibility index (Phi) is 6.74. The van der Waals surface area contributed by atoms with Gasteiger partial charge in [0.1, 0.15) is 11.8 Å². The molecule has 6 heteroatoms. The highest BCUT2D eigenvalue weighted by Gasteiger charge is 2.25. The molecule has 0 spiro atoms. The smallest absolute Gasteiger partial charge is 0.321 e. The fourth-order valence-electron chi connectivity index (χ4n) is 2.75. The van der Waals surface area contributed by atoms with Gasteiger partial charge in [-0.05, 0) is 25.5 Å². The van der Waals surface area contributed by atoms with Crippen molar-refractivity contribution in [2.24, 2.45) is 0 Å². The van der Waals surface area contributed by atoms with Gasteiger partial charge in [-0.15, -0.1) is 0 Å². The van der Waals surface area contributed by atoms with Gasteiger partial charge in [0.15, 0.2) is 0 Å². The van der Waals surface area contributed by atoms with Crippen molar-refractivity contribution in [3.63, 3.8) is 0 Å². The Labute approximate surface area is 153 Å². The van der Waals surface area contributed by atoms with Crippen LogP contribution in [0.1, 0.15) is 35.7 Å². The van der Waals surface area contributed by atoms with Crippen molar-refractivity contribution in [1.82, 2.24) is 16.0 Å². The third kappa shape index (κ3) is 4.83. The Balaban J connectivity index is 2.30. The minimum atomic E-state index is -0.686. The van der Waals surface area contributed by atoms with E-state index in [1.807, 2.05) is 62.4 Å². The van der Waals surface area contributed by atoms with Gasteiger partial charge in [-0.1, -0.05) is 48.0 Å². The molecule has 0 radical (unpaired) electrons. The molecule has 2 atom stereocenters. The van der Waals surface area contributed by atoms with E-state index in [2.05, 4.69) is 16.0 Å². The first-order valence-electron chi connectivity index (χ1n) is 8.44. The third-order valence-electron chi connectivity index (χ3n) is 4.13. The summed E-state index contributed by atoms with van der Waals surface area (Å²) in [6, 6.07) is 13.8. The second kappa shape index (κ2) is 9.01. The van der Waals surface area contributed by atoms with Crippen LogP contribution in [0.3, 0.4) is 0 Å². The van der Waals surface area contributed by atoms with Crippen LogP contribution in [0, 0.1) is 6.92 Å². The lowest BCUT2D eigenvalue weighted by atomic mass is 10.0. The van der Waals surface area contributed by atoms with Crippen LogP contribution in [0.25, 0.3) is 0 Å². The Bertz CT molecular complexity index is 762. The first kappa shape index (κ1) is 19.5. The van der Waals surface area contributed by atoms with Gasteiger partial charge in [-0.3, -0.25) is 15.4 Å². The van der Waals surface area contributed by atoms with Crippen LogP contribution < -0.4 is 20.7 Å². The number of benzene rings is 2. The van der Waals surface area contributed by atoms with E-state index < -0.39 is 18.0 Å². The van der Waals surface area contributed by atoms with Gasteiger partial charge in [0.05, 0.1) is 7.11 Å². The molecule has 3 amide bonds. The van der Waals surface area contributed by atoms with Crippen LogP contribution in [-0.4, -0.2) is 26.1 Å². The van der Waals surface area contributed by atoms with Crippen LogP contribution in [0.4, 0.5) is 4.79 Å². The van der Waals surface area contributed by atoms with Crippen LogP contribution in [0.15, 0.2) is 48.5 Å². The molecule has 6 nitrogen and oxygen atoms in total. The minimum Gasteiger partial charge on any atom is -0.496 e. The first-order valence-corrected chi connectivity index (χ1v) is 8.44. The number of hydrogen-bond donors (Lipinski definition) is 3. The number of imide groups is 1. The van der Waals surface area contributed by atoms with Crippen molar-refractivity contribution >= 4 is 11.9 Å². The van der Waals surface area contributed by atoms with E-state index in [1.54, 1.807) is 7.11 Å². The largest absolute Gasteiger partial charge is 0.496 e. The van der Waals surface area contributed by atoms with E-state index in [1.165, 1.54) is 7.05 Å². The maximum absolute atomic E-state index is 12.6. The van der Waals surface area contributed by atoms with Gasteiger partial charge < -0.3 is 10.1 Å². The molecule has 138 valence electrons. The molecule has 3 N–H and O–H groups in total. The maximum atomic E-state index is 12.6. The fourth-order valence-corrected chi connectivity index (χ4v) is 2.75. The number of methoxy groups -OCH3 is 1. The van der Waals surface area contributed by atoms with Gasteiger partial charge in [-0.2, -0.15) is 0 Å². The second-order valence-corrected chi connectivity index (χ2v) is 6.05. The number of carbonyl (C=O) groups excluding carboxylic acids is 2. The second-order valence-electron chi connectivity index (χ2n) is 6.05. The lowest BCUT2D eigenvalue weighted by molar-refractivity contribution is -0.122. The van der Waals surface area contributed by atoms with Crippen molar-refractivity contribution in [3.8, 4) is 5.75 Å². The summed E-state index contributed by atoms with van der Waals surface area (Å²) >= 11 is 0. The molecule has 0 heterocycles. The highest BCUT2D eigenvalue weighted by molar-refractivity contribution is 5.97. The molecular weight excluding hydrogens is 330 g/mol. The zero-order valence-electron chi connectivity index (χ0n) is 15.5. The number of aryl methyl sites for hydroxylation is 1. The fraction of sp³-hybridized carbons (Fsp3) is 0.300. The van der Waals surface area contributed by atoms with Crippen molar-refractivity contribution in [2.75, 3.05) is 14.2 Å². The molecule has 0 saturated heterocycles. The topological polar surface area (TPSA) is 79.5 Å². The maximum Gasteiger partial charge on any atom is 0.321 e. The van der Waals surface area contributed by atoms with Gasteiger partial charge in [0, 0.05) is 18.7 Å². The predicted octanol–water partition coefficient (Wildman–Crippen LogP) is 2.85. The molecule has 2 aromatic carbocycles. The molecular formula is C20H25N3O3. The molecule has 0 bridgehead atoms. The summed E-state index contributed by atoms with van der Waals surface area (Å²) in [6.07, 6.45) is 0. The average Bonchev–Trinajstić information content (AvgIpc) is 2.66. The lowest BCUT2D eigenvalue weighted by Crippen LogP contribution is -2.44. The highest BCUT2D eigenvalue weighted by atomic mass is 16.5. The SMILES string of the molecule is CNC(=O)NC(=O)[C@H](N[C@H](C)c1cc(C)ccc1OC)c1ccccc1. The molecule has 0 aliphatic rings. The van der Waals surface area contributed by atoms with Gasteiger partial charge in [0.25, 0.3) is 0 Å². The number of hydrogen-bond acceptors (Lipinski definition) is 4. The monoisotopic (exact) mass is 355 g/mol. The number of ether oxygens (including phenoxy) is 1. The lowest BCUT2D eigenvalue weighted by Gasteiger charge is -2.24. The van der Waals surface area contributed by atoms with Crippen LogP contribution in [0.2, 0.25) is 0 Å². The van der Waals surface area contributed by atoms with E-state index in [0.29, 0.717) is 0 Å². The Morgan fingerprint density at radius 1 is 1.08 bits per heavy atom. The molecule has 2 aromatic rings. The molecule has 26 heavy (non-hydrogen) atoms. The summed E-state index contributed by atoms with van der Waals surface area (Å²) in [5.41, 5.74) is 2.81. The Morgan fingerprint density at radius 3 is 2.38 bits per heavy atom. The van der Waals surface area contributed by atoms with Crippen molar-refractivity contribution < 1.29 is 14.3 Å². The van der Waals surface area contributed by atoms with Crippen LogP contribution in [-0.2, 0) is 4.79 Å². The van der Waals surface area contributed by atoms with E-state index in [0.717, 1.165) is 22.4 Å². The summed E-state index contributed by atoms with van der Waals surface area (Å²) in [6.45, 7) is 3.96. The van der Waals surface area contributed by atoms with Crippen molar-refractivity contribution in [3.05, 3.63) is 65.2 Å². The summed E-state index contributed by atoms with van der Waals surface area (Å²) < 4.78 is 5.45. The number of rotatable bonds is 6. The highest BCUT2D eigenvalue weighted by Crippen LogP contribution is 2.28. The zero-order chi connectivity index (χ0) is 19.1. The normalized spacial score (nSPS) is 12.8. The van der Waals surface area contributed by atoms with E-state index in [4.69, 9.17) is 4.74 Å². The summed E-state index contributed by atoms with van der Waals surface area (Å²) in [5, 5.41) is 8.05.